The van der Waals surface area contributed by atoms with Crippen molar-refractivity contribution in [1.29, 1.82) is 0 Å². The van der Waals surface area contributed by atoms with E-state index >= 15 is 0 Å². The number of hydrogen-bond donors (Lipinski definition) is 2. The van der Waals surface area contributed by atoms with E-state index in [-0.39, 0.29) is 55.8 Å². The van der Waals surface area contributed by atoms with E-state index in [1.165, 1.54) is 26.0 Å². The van der Waals surface area contributed by atoms with Gasteiger partial charge < -0.3 is 43.2 Å². The topological polar surface area (TPSA) is 153 Å². The van der Waals surface area contributed by atoms with Gasteiger partial charge in [-0.05, 0) is 45.1 Å². The smallest absolute Gasteiger partial charge is 0.248 e. The first-order valence-electron chi connectivity index (χ1n) is 15.2. The number of ether oxygens (including phenoxy) is 3. The van der Waals surface area contributed by atoms with Gasteiger partial charge in [0.05, 0.1) is 24.2 Å². The highest BCUT2D eigenvalue weighted by atomic mass is 32.2. The van der Waals surface area contributed by atoms with Crippen LogP contribution in [0.3, 0.4) is 0 Å². The molecule has 2 aromatic heterocycles. The summed E-state index contributed by atoms with van der Waals surface area (Å²) >= 11 is 1.33. The second-order valence-electron chi connectivity index (χ2n) is 11.4. The van der Waals surface area contributed by atoms with E-state index in [4.69, 9.17) is 18.6 Å². The number of aliphatic hydroxyl groups is 2. The van der Waals surface area contributed by atoms with Crippen molar-refractivity contribution in [2.45, 2.75) is 83.0 Å². The van der Waals surface area contributed by atoms with Gasteiger partial charge in [0.25, 0.3) is 0 Å². The maximum absolute atomic E-state index is 14.0. The van der Waals surface area contributed by atoms with E-state index in [0.717, 1.165) is 11.3 Å². The molecule has 0 bridgehead atoms. The Kier molecular flexibility index (Phi) is 14.6. The van der Waals surface area contributed by atoms with E-state index in [9.17, 15) is 19.8 Å². The number of hydrogen-bond acceptors (Lipinski definition) is 11. The summed E-state index contributed by atoms with van der Waals surface area (Å²) in [6.07, 6.45) is 0.287. The Morgan fingerprint density at radius 3 is 2.57 bits per heavy atom. The number of carbonyl (C=O) groups is 2. The number of nitrogens with zero attached hydrogens (tertiary/aromatic N) is 5. The summed E-state index contributed by atoms with van der Waals surface area (Å²) in [7, 11) is 2.87. The maximum Gasteiger partial charge on any atom is 0.248 e. The van der Waals surface area contributed by atoms with Crippen molar-refractivity contribution < 1.29 is 38.4 Å². The molecule has 0 aromatic carbocycles. The standard InChI is InChI=1S/C30H49N5O8S/c1-7-34-29(23-10-13-43-21(23)4)31-32-30(34)44-19-27(38)35-11-8-9-12-42-17-24(36)28(39)25(41-6)16-33(26(37)18-40-5)15-22(35)14-20(2)3/h10,13,20,22,24-25,28,36,39H,7-9,11-12,14-19H2,1-6H3/t22-,24+,25+,28+/m0/s1. The third-order valence-corrected chi connectivity index (χ3v) is 8.67. The third kappa shape index (κ3) is 9.75. The second kappa shape index (κ2) is 17.9. The lowest BCUT2D eigenvalue weighted by Crippen LogP contribution is -2.54. The van der Waals surface area contributed by atoms with Crippen LogP contribution in [-0.4, -0.2) is 130 Å². The van der Waals surface area contributed by atoms with Crippen molar-refractivity contribution in [3.05, 3.63) is 18.1 Å². The predicted molar refractivity (Wildman–Crippen MR) is 165 cm³/mol. The van der Waals surface area contributed by atoms with Gasteiger partial charge in [0, 0.05) is 53.0 Å². The summed E-state index contributed by atoms with van der Waals surface area (Å²) in [5, 5.41) is 30.7. The molecule has 4 atom stereocenters. The highest BCUT2D eigenvalue weighted by Crippen LogP contribution is 2.28. The van der Waals surface area contributed by atoms with Gasteiger partial charge in [-0.3, -0.25) is 9.59 Å². The number of aromatic nitrogens is 3. The predicted octanol–water partition coefficient (Wildman–Crippen LogP) is 2.22. The Balaban J connectivity index is 1.88. The summed E-state index contributed by atoms with van der Waals surface area (Å²) in [6, 6.07) is 1.55. The lowest BCUT2D eigenvalue weighted by atomic mass is 10.00. The van der Waals surface area contributed by atoms with Crippen molar-refractivity contribution in [1.82, 2.24) is 24.6 Å². The monoisotopic (exact) mass is 639 g/mol. The highest BCUT2D eigenvalue weighted by Gasteiger charge is 2.34. The van der Waals surface area contributed by atoms with Crippen molar-refractivity contribution >= 4 is 23.6 Å². The van der Waals surface area contributed by atoms with E-state index in [1.807, 2.05) is 29.4 Å². The van der Waals surface area contributed by atoms with Crippen molar-refractivity contribution in [3.8, 4) is 11.4 Å². The minimum atomic E-state index is -1.27. The van der Waals surface area contributed by atoms with Gasteiger partial charge in [0.2, 0.25) is 11.8 Å². The van der Waals surface area contributed by atoms with Crippen LogP contribution in [0.15, 0.2) is 21.9 Å². The Labute approximate surface area is 264 Å². The Bertz CT molecular complexity index is 1170. The lowest BCUT2D eigenvalue weighted by molar-refractivity contribution is -0.145. The fourth-order valence-electron chi connectivity index (χ4n) is 5.38. The number of aryl methyl sites for hydroxylation is 1. The van der Waals surface area contributed by atoms with E-state index in [0.29, 0.717) is 49.9 Å². The normalized spacial score (nSPS) is 22.8. The molecule has 14 heteroatoms. The van der Waals surface area contributed by atoms with E-state index in [2.05, 4.69) is 24.0 Å². The molecule has 0 radical (unpaired) electrons. The number of methoxy groups -OCH3 is 2. The maximum atomic E-state index is 14.0. The van der Waals surface area contributed by atoms with Gasteiger partial charge in [-0.15, -0.1) is 10.2 Å². The van der Waals surface area contributed by atoms with Crippen LogP contribution in [0.1, 0.15) is 45.8 Å². The fraction of sp³-hybridized carbons (Fsp3) is 0.733. The van der Waals surface area contributed by atoms with Crippen LogP contribution in [0, 0.1) is 12.8 Å². The number of rotatable bonds is 10. The number of carbonyl (C=O) groups excluding carboxylic acids is 2. The van der Waals surface area contributed by atoms with Gasteiger partial charge in [-0.1, -0.05) is 25.6 Å². The summed E-state index contributed by atoms with van der Waals surface area (Å²) in [4.78, 5) is 30.7. The minimum Gasteiger partial charge on any atom is -0.469 e. The van der Waals surface area contributed by atoms with Crippen LogP contribution < -0.4 is 0 Å². The Hall–Kier alpha value is -2.49. The minimum absolute atomic E-state index is 0.0120. The zero-order valence-electron chi connectivity index (χ0n) is 26.8. The third-order valence-electron chi connectivity index (χ3n) is 7.72. The van der Waals surface area contributed by atoms with Gasteiger partial charge in [0.1, 0.15) is 30.7 Å². The summed E-state index contributed by atoms with van der Waals surface area (Å²) in [5.41, 5.74) is 0.861. The molecule has 0 unspecified atom stereocenters. The molecule has 2 N–H and O–H groups in total. The largest absolute Gasteiger partial charge is 0.469 e. The number of amides is 2. The molecule has 248 valence electrons. The SMILES string of the molecule is CCn1c(SCC(=O)N2CCCCOC[C@@H](O)[C@@H](O)[C@H](OC)CN(C(=O)COC)C[C@@H]2CC(C)C)nnc1-c1ccoc1C. The molecule has 0 aliphatic carbocycles. The van der Waals surface area contributed by atoms with Gasteiger partial charge in [-0.25, -0.2) is 0 Å². The van der Waals surface area contributed by atoms with Crippen LogP contribution in [-0.2, 0) is 30.3 Å². The first-order chi connectivity index (χ1) is 21.1. The van der Waals surface area contributed by atoms with E-state index in [1.54, 1.807) is 11.2 Å². The molecule has 1 aliphatic rings. The molecule has 0 spiro atoms. The Morgan fingerprint density at radius 1 is 1.16 bits per heavy atom. The molecular weight excluding hydrogens is 590 g/mol. The van der Waals surface area contributed by atoms with Crippen LogP contribution in [0.5, 0.6) is 0 Å². The van der Waals surface area contributed by atoms with Crippen molar-refractivity contribution in [2.75, 3.05) is 59.4 Å². The average molecular weight is 640 g/mol. The quantitative estimate of drug-likeness (QED) is 0.368. The van der Waals surface area contributed by atoms with Crippen molar-refractivity contribution in [2.24, 2.45) is 5.92 Å². The molecular formula is C30H49N5O8S. The fourth-order valence-corrected chi connectivity index (χ4v) is 6.27. The summed E-state index contributed by atoms with van der Waals surface area (Å²) in [5.74, 6) is 1.45. The zero-order valence-corrected chi connectivity index (χ0v) is 27.6. The number of aliphatic hydroxyl groups excluding tert-OH is 2. The first-order valence-corrected chi connectivity index (χ1v) is 16.2. The molecule has 44 heavy (non-hydrogen) atoms. The lowest BCUT2D eigenvalue weighted by Gasteiger charge is -2.38. The molecule has 2 aromatic rings. The van der Waals surface area contributed by atoms with Crippen LogP contribution >= 0.6 is 11.8 Å². The molecule has 0 saturated carbocycles. The average Bonchev–Trinajstić information content (AvgIpc) is 3.60. The number of thioether (sulfide) groups is 1. The molecule has 2 amide bonds. The molecule has 1 aliphatic heterocycles. The summed E-state index contributed by atoms with van der Waals surface area (Å²) in [6.45, 7) is 9.53. The first kappa shape index (κ1) is 36.0. The van der Waals surface area contributed by atoms with Crippen LogP contribution in [0.4, 0.5) is 0 Å². The highest BCUT2D eigenvalue weighted by molar-refractivity contribution is 7.99. The molecule has 1 saturated heterocycles. The molecule has 3 heterocycles. The second-order valence-corrected chi connectivity index (χ2v) is 12.4. The van der Waals surface area contributed by atoms with Gasteiger partial charge >= 0.3 is 0 Å². The van der Waals surface area contributed by atoms with Crippen molar-refractivity contribution in [3.63, 3.8) is 0 Å². The molecule has 13 nitrogen and oxygen atoms in total. The molecule has 3 rings (SSSR count). The van der Waals surface area contributed by atoms with Gasteiger partial charge in [-0.2, -0.15) is 0 Å². The Morgan fingerprint density at radius 2 is 1.93 bits per heavy atom. The number of furan rings is 1. The zero-order chi connectivity index (χ0) is 32.2. The van der Waals surface area contributed by atoms with E-state index < -0.39 is 18.3 Å². The molecule has 1 fully saturated rings. The van der Waals surface area contributed by atoms with Crippen LogP contribution in [0.25, 0.3) is 11.4 Å². The summed E-state index contributed by atoms with van der Waals surface area (Å²) < 4.78 is 23.7. The van der Waals surface area contributed by atoms with Gasteiger partial charge in [0.15, 0.2) is 11.0 Å². The van der Waals surface area contributed by atoms with Crippen LogP contribution in [0.2, 0.25) is 0 Å².